The molecule has 178 valence electrons. The molecule has 0 saturated carbocycles. The molecule has 4 rings (SSSR count). The van der Waals surface area contributed by atoms with E-state index in [4.69, 9.17) is 0 Å². The molecule has 0 atom stereocenters. The van der Waals surface area contributed by atoms with E-state index >= 15 is 0 Å². The number of halogens is 1. The molecule has 2 N–H and O–H groups in total. The normalized spacial score (nSPS) is 14.2. The number of aromatic carboxylic acids is 1. The lowest BCUT2D eigenvalue weighted by Gasteiger charge is -2.38. The molecular formula is C25H26FN3O4S. The molecule has 34 heavy (non-hydrogen) atoms. The molecule has 0 aliphatic carbocycles. The van der Waals surface area contributed by atoms with Gasteiger partial charge in [-0.25, -0.2) is 17.6 Å². The number of piperazine rings is 1. The van der Waals surface area contributed by atoms with Gasteiger partial charge in [0.2, 0.25) is 0 Å². The Morgan fingerprint density at radius 1 is 0.882 bits per heavy atom. The maximum absolute atomic E-state index is 13.2. The lowest BCUT2D eigenvalue weighted by molar-refractivity contribution is 0.0697. The Kier molecular flexibility index (Phi) is 6.47. The van der Waals surface area contributed by atoms with Crippen LogP contribution in [0.15, 0.2) is 65.6 Å². The highest BCUT2D eigenvalue weighted by atomic mass is 32.2. The second-order valence-corrected chi connectivity index (χ2v) is 10.0. The fraction of sp³-hybridized carbons (Fsp3) is 0.240. The maximum Gasteiger partial charge on any atom is 0.337 e. The number of hydrogen-bond acceptors (Lipinski definition) is 5. The van der Waals surface area contributed by atoms with Crippen molar-refractivity contribution in [1.82, 2.24) is 0 Å². The van der Waals surface area contributed by atoms with Crippen LogP contribution in [0.2, 0.25) is 0 Å². The van der Waals surface area contributed by atoms with Crippen LogP contribution in [0, 0.1) is 19.7 Å². The topological polar surface area (TPSA) is 90.0 Å². The van der Waals surface area contributed by atoms with Gasteiger partial charge < -0.3 is 14.9 Å². The summed E-state index contributed by atoms with van der Waals surface area (Å²) in [6, 6.07) is 15.7. The molecule has 3 aromatic carbocycles. The molecule has 0 radical (unpaired) electrons. The number of rotatable bonds is 6. The van der Waals surface area contributed by atoms with Crippen molar-refractivity contribution in [3.8, 4) is 0 Å². The van der Waals surface area contributed by atoms with Crippen molar-refractivity contribution in [2.75, 3.05) is 40.7 Å². The van der Waals surface area contributed by atoms with Crippen LogP contribution >= 0.6 is 0 Å². The summed E-state index contributed by atoms with van der Waals surface area (Å²) in [4.78, 5) is 16.2. The van der Waals surface area contributed by atoms with E-state index in [1.807, 2.05) is 18.7 Å². The molecule has 1 saturated heterocycles. The lowest BCUT2D eigenvalue weighted by atomic mass is 10.1. The summed E-state index contributed by atoms with van der Waals surface area (Å²) in [7, 11) is -3.86. The van der Waals surface area contributed by atoms with Gasteiger partial charge in [-0.3, -0.25) is 4.72 Å². The van der Waals surface area contributed by atoms with Crippen LogP contribution in [0.4, 0.5) is 21.5 Å². The second-order valence-electron chi connectivity index (χ2n) is 8.34. The zero-order valence-corrected chi connectivity index (χ0v) is 19.8. The van der Waals surface area contributed by atoms with E-state index in [-0.39, 0.29) is 22.0 Å². The SMILES string of the molecule is Cc1ccc(S(=O)(=O)Nc2ccc(N3CCN(c4ccc(F)cc4)CC3)c(C(=O)O)c2)cc1C. The van der Waals surface area contributed by atoms with Gasteiger partial charge in [-0.2, -0.15) is 0 Å². The molecule has 1 heterocycles. The fourth-order valence-electron chi connectivity index (χ4n) is 4.00. The summed E-state index contributed by atoms with van der Waals surface area (Å²) < 4.78 is 41.3. The first-order chi connectivity index (χ1) is 16.1. The molecule has 3 aromatic rings. The van der Waals surface area contributed by atoms with Gasteiger partial charge in [0, 0.05) is 37.6 Å². The van der Waals surface area contributed by atoms with Crippen molar-refractivity contribution in [2.45, 2.75) is 18.7 Å². The molecule has 1 aliphatic rings. The average Bonchev–Trinajstić information content (AvgIpc) is 2.81. The van der Waals surface area contributed by atoms with Crippen molar-refractivity contribution in [3.05, 3.63) is 83.2 Å². The van der Waals surface area contributed by atoms with E-state index in [9.17, 15) is 22.7 Å². The van der Waals surface area contributed by atoms with Gasteiger partial charge in [-0.1, -0.05) is 6.07 Å². The van der Waals surface area contributed by atoms with Crippen LogP contribution in [-0.4, -0.2) is 45.7 Å². The van der Waals surface area contributed by atoms with Gasteiger partial charge in [-0.05, 0) is 79.6 Å². The molecule has 1 fully saturated rings. The summed E-state index contributed by atoms with van der Waals surface area (Å²) in [5.41, 5.74) is 3.48. The molecule has 7 nitrogen and oxygen atoms in total. The van der Waals surface area contributed by atoms with E-state index in [1.165, 1.54) is 24.3 Å². The third-order valence-electron chi connectivity index (χ3n) is 6.08. The predicted molar refractivity (Wildman–Crippen MR) is 131 cm³/mol. The Balaban J connectivity index is 1.52. The summed E-state index contributed by atoms with van der Waals surface area (Å²) in [6.45, 7) is 6.17. The van der Waals surface area contributed by atoms with Crippen LogP contribution in [0.1, 0.15) is 21.5 Å². The van der Waals surface area contributed by atoms with E-state index in [1.54, 1.807) is 36.4 Å². The number of aryl methyl sites for hydroxylation is 2. The second kappa shape index (κ2) is 9.34. The van der Waals surface area contributed by atoms with Gasteiger partial charge in [0.15, 0.2) is 0 Å². The van der Waals surface area contributed by atoms with Gasteiger partial charge in [0.25, 0.3) is 10.0 Å². The molecule has 0 bridgehead atoms. The highest BCUT2D eigenvalue weighted by Crippen LogP contribution is 2.28. The Labute approximate surface area is 198 Å². The highest BCUT2D eigenvalue weighted by molar-refractivity contribution is 7.92. The van der Waals surface area contributed by atoms with Crippen LogP contribution in [-0.2, 0) is 10.0 Å². The number of sulfonamides is 1. The summed E-state index contributed by atoms with van der Waals surface area (Å²) in [5.74, 6) is -1.43. The van der Waals surface area contributed by atoms with Crippen molar-refractivity contribution in [2.24, 2.45) is 0 Å². The molecule has 0 amide bonds. The van der Waals surface area contributed by atoms with Gasteiger partial charge in [-0.15, -0.1) is 0 Å². The average molecular weight is 484 g/mol. The minimum absolute atomic E-state index is 0.0236. The van der Waals surface area contributed by atoms with Crippen molar-refractivity contribution >= 4 is 33.1 Å². The molecule has 0 aromatic heterocycles. The molecular weight excluding hydrogens is 457 g/mol. The number of nitrogens with one attached hydrogen (secondary N) is 1. The Morgan fingerprint density at radius 3 is 2.15 bits per heavy atom. The maximum atomic E-state index is 13.2. The zero-order chi connectivity index (χ0) is 24.5. The summed E-state index contributed by atoms with van der Waals surface area (Å²) in [5, 5.41) is 9.81. The molecule has 0 unspecified atom stereocenters. The van der Waals surface area contributed by atoms with Crippen LogP contribution in [0.25, 0.3) is 0 Å². The smallest absolute Gasteiger partial charge is 0.337 e. The third kappa shape index (κ3) is 4.99. The summed E-state index contributed by atoms with van der Waals surface area (Å²) >= 11 is 0. The predicted octanol–water partition coefficient (Wildman–Crippen LogP) is 4.27. The first-order valence-electron chi connectivity index (χ1n) is 10.9. The first-order valence-corrected chi connectivity index (χ1v) is 12.4. The minimum atomic E-state index is -3.86. The van der Waals surface area contributed by atoms with Gasteiger partial charge in [0.05, 0.1) is 16.1 Å². The third-order valence-corrected chi connectivity index (χ3v) is 7.46. The number of hydrogen-bond donors (Lipinski definition) is 2. The number of carboxylic acid groups (broad SMARTS) is 1. The van der Waals surface area contributed by atoms with E-state index in [0.29, 0.717) is 31.9 Å². The van der Waals surface area contributed by atoms with Crippen molar-refractivity contribution < 1.29 is 22.7 Å². The number of anilines is 3. The number of carbonyl (C=O) groups is 1. The Hall–Kier alpha value is -3.59. The summed E-state index contributed by atoms with van der Waals surface area (Å²) in [6.07, 6.45) is 0. The highest BCUT2D eigenvalue weighted by Gasteiger charge is 2.23. The van der Waals surface area contributed by atoms with Gasteiger partial charge >= 0.3 is 5.97 Å². The molecule has 9 heteroatoms. The zero-order valence-electron chi connectivity index (χ0n) is 19.0. The molecule has 1 aliphatic heterocycles. The van der Waals surface area contributed by atoms with E-state index < -0.39 is 16.0 Å². The lowest BCUT2D eigenvalue weighted by Crippen LogP contribution is -2.47. The minimum Gasteiger partial charge on any atom is -0.478 e. The number of benzene rings is 3. The fourth-order valence-corrected chi connectivity index (χ4v) is 5.13. The van der Waals surface area contributed by atoms with Crippen molar-refractivity contribution in [1.29, 1.82) is 0 Å². The first kappa shape index (κ1) is 23.6. The monoisotopic (exact) mass is 483 g/mol. The van der Waals surface area contributed by atoms with Crippen LogP contribution in [0.5, 0.6) is 0 Å². The van der Waals surface area contributed by atoms with E-state index in [0.717, 1.165) is 16.8 Å². The Morgan fingerprint density at radius 2 is 1.53 bits per heavy atom. The van der Waals surface area contributed by atoms with Crippen molar-refractivity contribution in [3.63, 3.8) is 0 Å². The van der Waals surface area contributed by atoms with Gasteiger partial charge in [0.1, 0.15) is 5.82 Å². The largest absolute Gasteiger partial charge is 0.478 e. The van der Waals surface area contributed by atoms with E-state index in [2.05, 4.69) is 9.62 Å². The number of nitrogens with zero attached hydrogens (tertiary/aromatic N) is 2. The van der Waals surface area contributed by atoms with Crippen LogP contribution in [0.3, 0.4) is 0 Å². The van der Waals surface area contributed by atoms with Crippen LogP contribution < -0.4 is 14.5 Å². The Bertz CT molecular complexity index is 1320. The number of carboxylic acids is 1. The molecule has 0 spiro atoms. The standard InChI is InChI=1S/C25H26FN3O4S/c1-17-3-9-22(15-18(17)2)34(32,33)27-20-6-10-24(23(16-20)25(30)31)29-13-11-28(12-14-29)21-7-4-19(26)5-8-21/h3-10,15-16,27H,11-14H2,1-2H3,(H,30,31). The quantitative estimate of drug-likeness (QED) is 0.544.